The number of pyridine rings is 1. The zero-order valence-electron chi connectivity index (χ0n) is 27.6. The number of hydrogen-bond acceptors (Lipinski definition) is 3. The number of para-hydroxylation sites is 1. The molecule has 0 fully saturated rings. The third-order valence-electron chi connectivity index (χ3n) is 9.80. The lowest BCUT2D eigenvalue weighted by molar-refractivity contribution is 1.07. The molecule has 4 heteroatoms. The summed E-state index contributed by atoms with van der Waals surface area (Å²) in [7, 11) is 0. The molecule has 238 valence electrons. The summed E-state index contributed by atoms with van der Waals surface area (Å²) in [6, 6.07) is 64.0. The highest BCUT2D eigenvalue weighted by Crippen LogP contribution is 2.43. The van der Waals surface area contributed by atoms with Gasteiger partial charge >= 0.3 is 0 Å². The van der Waals surface area contributed by atoms with Crippen LogP contribution in [0.4, 0.5) is 0 Å². The molecule has 0 aliphatic rings. The van der Waals surface area contributed by atoms with Crippen LogP contribution in [-0.2, 0) is 0 Å². The maximum absolute atomic E-state index is 4.99. The summed E-state index contributed by atoms with van der Waals surface area (Å²) in [5.74, 6) is 1.95. The van der Waals surface area contributed by atoms with Crippen molar-refractivity contribution in [1.82, 2.24) is 19.4 Å². The first kappa shape index (κ1) is 29.0. The Morgan fingerprint density at radius 3 is 1.43 bits per heavy atom. The third kappa shape index (κ3) is 4.88. The predicted octanol–water partition coefficient (Wildman–Crippen LogP) is 11.9. The van der Waals surface area contributed by atoms with Crippen molar-refractivity contribution < 1.29 is 0 Å². The van der Waals surface area contributed by atoms with E-state index in [1.54, 1.807) is 0 Å². The minimum atomic E-state index is 0.643. The second kappa shape index (κ2) is 11.9. The Hall–Kier alpha value is -6.91. The molecule has 0 unspecified atom stereocenters. The van der Waals surface area contributed by atoms with Gasteiger partial charge in [0.05, 0.1) is 16.6 Å². The predicted molar refractivity (Wildman–Crippen MR) is 210 cm³/mol. The van der Waals surface area contributed by atoms with Crippen molar-refractivity contribution in [3.8, 4) is 56.4 Å². The number of nitrogens with zero attached hydrogens (tertiary/aromatic N) is 4. The van der Waals surface area contributed by atoms with Crippen molar-refractivity contribution in [2.75, 3.05) is 0 Å². The molecule has 0 saturated carbocycles. The molecule has 0 saturated heterocycles. The molecule has 51 heavy (non-hydrogen) atoms. The van der Waals surface area contributed by atoms with Gasteiger partial charge in [-0.15, -0.1) is 0 Å². The van der Waals surface area contributed by atoms with Gasteiger partial charge in [-0.3, -0.25) is 0 Å². The van der Waals surface area contributed by atoms with Gasteiger partial charge in [-0.1, -0.05) is 158 Å². The van der Waals surface area contributed by atoms with Crippen LogP contribution >= 0.6 is 0 Å². The van der Waals surface area contributed by atoms with Crippen LogP contribution in [0.1, 0.15) is 0 Å². The van der Waals surface area contributed by atoms with E-state index >= 15 is 0 Å². The zero-order chi connectivity index (χ0) is 33.7. The number of hydrogen-bond donors (Lipinski definition) is 0. The summed E-state index contributed by atoms with van der Waals surface area (Å²) in [6.45, 7) is 0. The van der Waals surface area contributed by atoms with Crippen LogP contribution < -0.4 is 0 Å². The summed E-state index contributed by atoms with van der Waals surface area (Å²) in [5.41, 5.74) is 11.2. The van der Waals surface area contributed by atoms with Gasteiger partial charge < -0.3 is 4.40 Å². The van der Waals surface area contributed by atoms with E-state index in [2.05, 4.69) is 126 Å². The van der Waals surface area contributed by atoms with Gasteiger partial charge in [0.25, 0.3) is 0 Å². The van der Waals surface area contributed by atoms with Crippen molar-refractivity contribution in [1.29, 1.82) is 0 Å². The lowest BCUT2D eigenvalue weighted by Crippen LogP contribution is -2.00. The monoisotopic (exact) mass is 650 g/mol. The Morgan fingerprint density at radius 2 is 0.765 bits per heavy atom. The zero-order valence-corrected chi connectivity index (χ0v) is 27.6. The Bertz CT molecular complexity index is 2840. The van der Waals surface area contributed by atoms with E-state index < -0.39 is 0 Å². The van der Waals surface area contributed by atoms with Gasteiger partial charge in [0.15, 0.2) is 17.5 Å². The molecular weight excluding hydrogens is 621 g/mol. The third-order valence-corrected chi connectivity index (χ3v) is 9.80. The fourth-order valence-electron chi connectivity index (χ4n) is 7.47. The molecule has 3 heterocycles. The first-order valence-corrected chi connectivity index (χ1v) is 17.2. The average Bonchev–Trinajstić information content (AvgIpc) is 3.57. The molecule has 10 rings (SSSR count). The SMILES string of the molecule is c1ccc(-c2nc(-c3ccccc3)nc(-c3cccc(-c4ccc5c(c4)c4ccccc4c4c(-c6ccccc6)c6ccccc6n54)c3)n2)cc1. The van der Waals surface area contributed by atoms with E-state index in [1.165, 1.54) is 49.2 Å². The Labute approximate surface area is 295 Å². The van der Waals surface area contributed by atoms with Gasteiger partial charge in [0.1, 0.15) is 0 Å². The fraction of sp³-hybridized carbons (Fsp3) is 0. The smallest absolute Gasteiger partial charge is 0.164 e. The van der Waals surface area contributed by atoms with Crippen molar-refractivity contribution in [2.45, 2.75) is 0 Å². The highest BCUT2D eigenvalue weighted by atomic mass is 15.0. The maximum Gasteiger partial charge on any atom is 0.164 e. The molecule has 7 aromatic carbocycles. The van der Waals surface area contributed by atoms with Crippen LogP contribution in [0.5, 0.6) is 0 Å². The van der Waals surface area contributed by atoms with E-state index in [0.717, 1.165) is 27.8 Å². The summed E-state index contributed by atoms with van der Waals surface area (Å²) in [4.78, 5) is 14.9. The fourth-order valence-corrected chi connectivity index (χ4v) is 7.47. The molecule has 0 aliphatic heterocycles. The van der Waals surface area contributed by atoms with Crippen molar-refractivity contribution in [3.63, 3.8) is 0 Å². The number of fused-ring (bicyclic) bond motifs is 8. The minimum Gasteiger partial charge on any atom is -0.308 e. The van der Waals surface area contributed by atoms with Crippen molar-refractivity contribution in [3.05, 3.63) is 182 Å². The molecule has 0 N–H and O–H groups in total. The summed E-state index contributed by atoms with van der Waals surface area (Å²) >= 11 is 0. The lowest BCUT2D eigenvalue weighted by atomic mass is 9.96. The molecule has 3 aromatic heterocycles. The standard InChI is InChI=1S/C47H30N4/c1-4-15-31(16-5-1)43-39-25-12-13-26-41(39)51-42-28-27-35(30-40(42)37-23-10-11-24-38(37)44(43)51)34-21-14-22-36(29-34)47-49-45(32-17-6-2-7-18-32)48-46(50-47)33-19-8-3-9-20-33/h1-30H. The van der Waals surface area contributed by atoms with Gasteiger partial charge in [0.2, 0.25) is 0 Å². The molecule has 0 radical (unpaired) electrons. The van der Waals surface area contributed by atoms with Crippen LogP contribution in [0.15, 0.2) is 182 Å². The average molecular weight is 651 g/mol. The van der Waals surface area contributed by atoms with E-state index in [1.807, 2.05) is 60.7 Å². The first-order valence-electron chi connectivity index (χ1n) is 17.2. The van der Waals surface area contributed by atoms with Crippen LogP contribution in [0.2, 0.25) is 0 Å². The molecular formula is C47H30N4. The molecule has 0 spiro atoms. The van der Waals surface area contributed by atoms with Gasteiger partial charge in [-0.25, -0.2) is 15.0 Å². The first-order chi connectivity index (χ1) is 25.3. The Morgan fingerprint density at radius 1 is 0.294 bits per heavy atom. The van der Waals surface area contributed by atoms with Gasteiger partial charge in [-0.2, -0.15) is 0 Å². The summed E-state index contributed by atoms with van der Waals surface area (Å²) in [6.07, 6.45) is 0. The van der Waals surface area contributed by atoms with E-state index in [4.69, 9.17) is 15.0 Å². The molecule has 0 atom stereocenters. The largest absolute Gasteiger partial charge is 0.308 e. The van der Waals surface area contributed by atoms with Crippen LogP contribution in [0.25, 0.3) is 94.5 Å². The Balaban J connectivity index is 1.17. The van der Waals surface area contributed by atoms with E-state index in [-0.39, 0.29) is 0 Å². The van der Waals surface area contributed by atoms with Gasteiger partial charge in [0, 0.05) is 38.4 Å². The molecule has 0 aliphatic carbocycles. The number of benzene rings is 7. The van der Waals surface area contributed by atoms with E-state index in [0.29, 0.717) is 17.5 Å². The molecule has 4 nitrogen and oxygen atoms in total. The summed E-state index contributed by atoms with van der Waals surface area (Å²) < 4.78 is 2.45. The van der Waals surface area contributed by atoms with Crippen LogP contribution in [0, 0.1) is 0 Å². The minimum absolute atomic E-state index is 0.643. The topological polar surface area (TPSA) is 43.1 Å². The highest BCUT2D eigenvalue weighted by molar-refractivity contribution is 6.22. The van der Waals surface area contributed by atoms with Crippen molar-refractivity contribution >= 4 is 38.1 Å². The Kier molecular flexibility index (Phi) is 6.78. The lowest BCUT2D eigenvalue weighted by Gasteiger charge is -2.14. The van der Waals surface area contributed by atoms with Crippen molar-refractivity contribution in [2.24, 2.45) is 0 Å². The number of aromatic nitrogens is 4. The second-order valence-electron chi connectivity index (χ2n) is 12.8. The van der Waals surface area contributed by atoms with E-state index in [9.17, 15) is 0 Å². The second-order valence-corrected chi connectivity index (χ2v) is 12.8. The molecule has 0 amide bonds. The summed E-state index contributed by atoms with van der Waals surface area (Å²) in [5, 5.41) is 4.92. The molecule has 0 bridgehead atoms. The number of rotatable bonds is 5. The van der Waals surface area contributed by atoms with Crippen LogP contribution in [0.3, 0.4) is 0 Å². The molecule has 10 aromatic rings. The maximum atomic E-state index is 4.99. The van der Waals surface area contributed by atoms with Crippen LogP contribution in [-0.4, -0.2) is 19.4 Å². The van der Waals surface area contributed by atoms with Gasteiger partial charge in [-0.05, 0) is 46.3 Å². The highest BCUT2D eigenvalue weighted by Gasteiger charge is 2.20. The quantitative estimate of drug-likeness (QED) is 0.174. The normalized spacial score (nSPS) is 11.5.